The third kappa shape index (κ3) is 1.90. The van der Waals surface area contributed by atoms with Crippen LogP contribution in [0.5, 0.6) is 0 Å². The van der Waals surface area contributed by atoms with Crippen LogP contribution in [0, 0.1) is 5.82 Å². The van der Waals surface area contributed by atoms with Crippen LogP contribution in [0.15, 0.2) is 18.2 Å². The summed E-state index contributed by atoms with van der Waals surface area (Å²) in [6.07, 6.45) is 0. The van der Waals surface area contributed by atoms with Crippen LogP contribution in [-0.2, 0) is 11.3 Å². The fourth-order valence-electron chi connectivity index (χ4n) is 1.86. The maximum Gasteiger partial charge on any atom is 0.325 e. The van der Waals surface area contributed by atoms with Crippen molar-refractivity contribution in [1.82, 2.24) is 10.2 Å². The second-order valence-corrected chi connectivity index (χ2v) is 4.75. The Hall–Kier alpha value is -2.11. The molecule has 0 aromatic heterocycles. The van der Waals surface area contributed by atoms with Crippen molar-refractivity contribution >= 4 is 17.6 Å². The quantitative estimate of drug-likeness (QED) is 0.613. The summed E-state index contributed by atoms with van der Waals surface area (Å²) in [6, 6.07) is 3.72. The van der Waals surface area contributed by atoms with E-state index in [4.69, 9.17) is 5.73 Å². The van der Waals surface area contributed by atoms with Gasteiger partial charge in [-0.05, 0) is 26.0 Å². The lowest BCUT2D eigenvalue weighted by molar-refractivity contribution is -0.130. The van der Waals surface area contributed by atoms with Gasteiger partial charge in [-0.25, -0.2) is 9.18 Å². The first-order valence-corrected chi connectivity index (χ1v) is 5.50. The molecule has 96 valence electrons. The molecule has 6 heteroatoms. The van der Waals surface area contributed by atoms with Crippen LogP contribution in [0.25, 0.3) is 0 Å². The fraction of sp³-hybridized carbons (Fsp3) is 0.333. The molecule has 0 unspecified atom stereocenters. The Labute approximate surface area is 104 Å². The van der Waals surface area contributed by atoms with Gasteiger partial charge in [-0.15, -0.1) is 0 Å². The summed E-state index contributed by atoms with van der Waals surface area (Å²) in [5.41, 5.74) is 5.06. The number of anilines is 1. The van der Waals surface area contributed by atoms with Gasteiger partial charge in [0.25, 0.3) is 5.91 Å². The summed E-state index contributed by atoms with van der Waals surface area (Å²) in [5.74, 6) is -0.921. The zero-order valence-corrected chi connectivity index (χ0v) is 10.2. The van der Waals surface area contributed by atoms with Crippen molar-refractivity contribution in [2.45, 2.75) is 25.9 Å². The van der Waals surface area contributed by atoms with E-state index >= 15 is 0 Å². The number of hydrogen-bond donors (Lipinski definition) is 2. The Bertz CT molecular complexity index is 508. The molecule has 1 aliphatic heterocycles. The molecule has 0 saturated carbocycles. The Balaban J connectivity index is 2.30. The molecule has 1 saturated heterocycles. The molecule has 1 fully saturated rings. The average Bonchev–Trinajstić information content (AvgIpc) is 2.45. The molecule has 0 bridgehead atoms. The molecule has 1 aromatic carbocycles. The van der Waals surface area contributed by atoms with E-state index in [1.54, 1.807) is 13.8 Å². The summed E-state index contributed by atoms with van der Waals surface area (Å²) >= 11 is 0. The monoisotopic (exact) mass is 251 g/mol. The first-order chi connectivity index (χ1) is 8.33. The van der Waals surface area contributed by atoms with Crippen molar-refractivity contribution in [3.63, 3.8) is 0 Å². The largest absolute Gasteiger partial charge is 0.398 e. The number of imide groups is 1. The number of amides is 3. The van der Waals surface area contributed by atoms with E-state index in [1.807, 2.05) is 0 Å². The maximum absolute atomic E-state index is 13.6. The number of nitrogens with one attached hydrogen (secondary N) is 1. The molecule has 5 nitrogen and oxygen atoms in total. The van der Waals surface area contributed by atoms with Crippen LogP contribution < -0.4 is 11.1 Å². The molecule has 3 N–H and O–H groups in total. The van der Waals surface area contributed by atoms with Gasteiger partial charge in [-0.2, -0.15) is 0 Å². The maximum atomic E-state index is 13.6. The van der Waals surface area contributed by atoms with Crippen molar-refractivity contribution in [3.05, 3.63) is 29.6 Å². The van der Waals surface area contributed by atoms with Crippen molar-refractivity contribution in [2.75, 3.05) is 5.73 Å². The molecule has 3 amide bonds. The number of urea groups is 1. The van der Waals surface area contributed by atoms with Crippen LogP contribution in [0.1, 0.15) is 19.4 Å². The number of hydrogen-bond acceptors (Lipinski definition) is 3. The highest BCUT2D eigenvalue weighted by molar-refractivity contribution is 6.06. The zero-order chi connectivity index (χ0) is 13.5. The Kier molecular flexibility index (Phi) is 2.73. The minimum absolute atomic E-state index is 0.152. The van der Waals surface area contributed by atoms with Gasteiger partial charge in [-0.1, -0.05) is 6.07 Å². The van der Waals surface area contributed by atoms with E-state index < -0.39 is 23.3 Å². The molecule has 0 aliphatic carbocycles. The number of nitrogen functional groups attached to an aromatic ring is 1. The van der Waals surface area contributed by atoms with Crippen LogP contribution in [0.2, 0.25) is 0 Å². The number of halogens is 1. The minimum atomic E-state index is -0.961. The van der Waals surface area contributed by atoms with E-state index in [-0.39, 0.29) is 17.8 Å². The Morgan fingerprint density at radius 1 is 1.39 bits per heavy atom. The van der Waals surface area contributed by atoms with Crippen molar-refractivity contribution in [3.8, 4) is 0 Å². The summed E-state index contributed by atoms with van der Waals surface area (Å²) in [6.45, 7) is 3.03. The van der Waals surface area contributed by atoms with Gasteiger partial charge in [0.15, 0.2) is 0 Å². The smallest absolute Gasteiger partial charge is 0.325 e. The molecular weight excluding hydrogens is 237 g/mol. The van der Waals surface area contributed by atoms with Gasteiger partial charge in [-0.3, -0.25) is 9.69 Å². The molecule has 1 aliphatic rings. The average molecular weight is 251 g/mol. The topological polar surface area (TPSA) is 75.4 Å². The Morgan fingerprint density at radius 3 is 2.56 bits per heavy atom. The molecule has 0 radical (unpaired) electrons. The van der Waals surface area contributed by atoms with Crippen LogP contribution >= 0.6 is 0 Å². The normalized spacial score (nSPS) is 18.1. The van der Waals surface area contributed by atoms with E-state index in [9.17, 15) is 14.0 Å². The van der Waals surface area contributed by atoms with E-state index in [2.05, 4.69) is 5.32 Å². The van der Waals surface area contributed by atoms with Gasteiger partial charge in [0.05, 0.1) is 6.54 Å². The van der Waals surface area contributed by atoms with Gasteiger partial charge in [0, 0.05) is 11.3 Å². The van der Waals surface area contributed by atoms with Gasteiger partial charge in [0.1, 0.15) is 11.4 Å². The lowest BCUT2D eigenvalue weighted by Gasteiger charge is -2.17. The third-order valence-electron chi connectivity index (χ3n) is 2.92. The third-order valence-corrected chi connectivity index (χ3v) is 2.92. The SMILES string of the molecule is CC1(C)NC(=O)N(Cc2c(N)cccc2F)C1=O. The van der Waals surface area contributed by atoms with Crippen LogP contribution in [0.4, 0.5) is 14.9 Å². The van der Waals surface area contributed by atoms with Crippen LogP contribution in [0.3, 0.4) is 0 Å². The summed E-state index contributed by atoms with van der Waals surface area (Å²) < 4.78 is 13.6. The molecule has 18 heavy (non-hydrogen) atoms. The van der Waals surface area contributed by atoms with Crippen molar-refractivity contribution in [2.24, 2.45) is 0 Å². The number of rotatable bonds is 2. The summed E-state index contributed by atoms with van der Waals surface area (Å²) in [5, 5.41) is 2.53. The highest BCUT2D eigenvalue weighted by Gasteiger charge is 2.44. The molecule has 0 spiro atoms. The first kappa shape index (κ1) is 12.3. The second-order valence-electron chi connectivity index (χ2n) is 4.75. The highest BCUT2D eigenvalue weighted by Crippen LogP contribution is 2.23. The van der Waals surface area contributed by atoms with Gasteiger partial charge >= 0.3 is 6.03 Å². The lowest BCUT2D eigenvalue weighted by atomic mass is 10.1. The fourth-order valence-corrected chi connectivity index (χ4v) is 1.86. The second kappa shape index (κ2) is 3.97. The van der Waals surface area contributed by atoms with Crippen LogP contribution in [-0.4, -0.2) is 22.4 Å². The number of benzene rings is 1. The highest BCUT2D eigenvalue weighted by atomic mass is 19.1. The predicted molar refractivity (Wildman–Crippen MR) is 64.0 cm³/mol. The van der Waals surface area contributed by atoms with E-state index in [0.29, 0.717) is 0 Å². The number of nitrogens with two attached hydrogens (primary N) is 1. The van der Waals surface area contributed by atoms with Crippen molar-refractivity contribution < 1.29 is 14.0 Å². The summed E-state index contributed by atoms with van der Waals surface area (Å²) in [4.78, 5) is 24.6. The minimum Gasteiger partial charge on any atom is -0.398 e. The Morgan fingerprint density at radius 2 is 2.06 bits per heavy atom. The number of nitrogens with zero attached hydrogens (tertiary/aromatic N) is 1. The van der Waals surface area contributed by atoms with E-state index in [0.717, 1.165) is 4.90 Å². The number of carbonyl (C=O) groups is 2. The molecular formula is C12H14FN3O2. The molecule has 2 rings (SSSR count). The standard InChI is InChI=1S/C12H14FN3O2/c1-12(2)10(17)16(11(18)15-12)6-7-8(13)4-3-5-9(7)14/h3-5H,6,14H2,1-2H3,(H,15,18). The summed E-state index contributed by atoms with van der Waals surface area (Å²) in [7, 11) is 0. The predicted octanol–water partition coefficient (Wildman–Crippen LogP) is 1.24. The lowest BCUT2D eigenvalue weighted by Crippen LogP contribution is -2.40. The number of carbonyl (C=O) groups excluding carboxylic acids is 2. The molecule has 1 aromatic rings. The van der Waals surface area contributed by atoms with E-state index in [1.165, 1.54) is 18.2 Å². The first-order valence-electron chi connectivity index (χ1n) is 5.50. The molecule has 0 atom stereocenters. The van der Waals surface area contributed by atoms with Gasteiger partial charge in [0.2, 0.25) is 0 Å². The van der Waals surface area contributed by atoms with Gasteiger partial charge < -0.3 is 11.1 Å². The zero-order valence-electron chi connectivity index (χ0n) is 10.2. The van der Waals surface area contributed by atoms with Crippen molar-refractivity contribution in [1.29, 1.82) is 0 Å². The molecule has 1 heterocycles.